The van der Waals surface area contributed by atoms with Gasteiger partial charge in [0.15, 0.2) is 12.4 Å². The third-order valence-electron chi connectivity index (χ3n) is 0.662. The first-order valence-electron chi connectivity index (χ1n) is 2.37. The van der Waals surface area contributed by atoms with E-state index in [1.165, 1.54) is 6.20 Å². The summed E-state index contributed by atoms with van der Waals surface area (Å²) in [5, 5.41) is 0. The van der Waals surface area contributed by atoms with E-state index in [2.05, 4.69) is 6.58 Å². The van der Waals surface area contributed by atoms with Crippen LogP contribution in [0.2, 0.25) is 0 Å². The summed E-state index contributed by atoms with van der Waals surface area (Å²) in [5.74, 6) is 0. The quantitative estimate of drug-likeness (QED) is 0.403. The topological polar surface area (TPSA) is 29.0 Å². The van der Waals surface area contributed by atoms with Crippen LogP contribution < -0.4 is 5.73 Å². The summed E-state index contributed by atoms with van der Waals surface area (Å²) < 4.78 is 1.81. The highest BCUT2D eigenvalue weighted by molar-refractivity contribution is 5.65. The first-order valence-corrected chi connectivity index (χ1v) is 2.37. The van der Waals surface area contributed by atoms with Gasteiger partial charge in [0.25, 0.3) is 0 Å². The molecule has 44 valence electrons. The molecule has 0 saturated carbocycles. The summed E-state index contributed by atoms with van der Waals surface area (Å²) in [6, 6.07) is 0. The lowest BCUT2D eigenvalue weighted by Gasteiger charge is -1.78. The fourth-order valence-electron chi connectivity index (χ4n) is 0.352. The molecule has 0 aliphatic carbocycles. The summed E-state index contributed by atoms with van der Waals surface area (Å²) in [6.07, 6.45) is 6.71. The molecule has 0 amide bonds. The summed E-state index contributed by atoms with van der Waals surface area (Å²) in [5.41, 5.74) is 5.08. The van der Waals surface area contributed by atoms with Crippen LogP contribution >= 0.6 is 0 Å². The van der Waals surface area contributed by atoms with Crippen LogP contribution in [-0.2, 0) is 0 Å². The smallest absolute Gasteiger partial charge is 0.184 e. The molecule has 0 rings (SSSR count). The Bertz CT molecular complexity index is 122. The van der Waals surface area contributed by atoms with E-state index in [-0.39, 0.29) is 0 Å². The third-order valence-corrected chi connectivity index (χ3v) is 0.662. The lowest BCUT2D eigenvalue weighted by atomic mass is 10.7. The SMILES string of the molecule is C=C/C=[N+](C)\C=C/N. The van der Waals surface area contributed by atoms with Crippen molar-refractivity contribution in [2.45, 2.75) is 0 Å². The van der Waals surface area contributed by atoms with Gasteiger partial charge in [-0.05, 0) is 6.08 Å². The minimum atomic E-state index is 1.47. The number of hydrogen-bond acceptors (Lipinski definition) is 1. The van der Waals surface area contributed by atoms with Crippen LogP contribution in [0.25, 0.3) is 0 Å². The molecule has 0 aromatic rings. The fraction of sp³-hybridized carbons (Fsp3) is 0.167. The number of nitrogens with zero attached hydrogens (tertiary/aromatic N) is 1. The van der Waals surface area contributed by atoms with Crippen molar-refractivity contribution >= 4 is 6.21 Å². The van der Waals surface area contributed by atoms with E-state index in [9.17, 15) is 0 Å². The minimum absolute atomic E-state index is 1.47. The molecule has 0 saturated heterocycles. The molecule has 0 aliphatic rings. The highest BCUT2D eigenvalue weighted by atomic mass is 14.9. The zero-order valence-corrected chi connectivity index (χ0v) is 5.04. The average molecular weight is 111 g/mol. The molecule has 0 aliphatic heterocycles. The zero-order chi connectivity index (χ0) is 6.41. The zero-order valence-electron chi connectivity index (χ0n) is 5.04. The van der Waals surface area contributed by atoms with Crippen molar-refractivity contribution < 1.29 is 4.58 Å². The number of allylic oxidation sites excluding steroid dienone is 1. The largest absolute Gasteiger partial charge is 0.400 e. The van der Waals surface area contributed by atoms with Gasteiger partial charge in [0.2, 0.25) is 0 Å². The van der Waals surface area contributed by atoms with E-state index >= 15 is 0 Å². The van der Waals surface area contributed by atoms with Crippen LogP contribution in [0.4, 0.5) is 0 Å². The van der Waals surface area contributed by atoms with Gasteiger partial charge in [-0.15, -0.1) is 0 Å². The minimum Gasteiger partial charge on any atom is -0.400 e. The van der Waals surface area contributed by atoms with Gasteiger partial charge >= 0.3 is 0 Å². The van der Waals surface area contributed by atoms with Crippen molar-refractivity contribution in [1.82, 2.24) is 0 Å². The van der Waals surface area contributed by atoms with Crippen molar-refractivity contribution in [2.24, 2.45) is 5.73 Å². The normalized spacial score (nSPS) is 12.4. The van der Waals surface area contributed by atoms with Gasteiger partial charge in [0.1, 0.15) is 7.05 Å². The van der Waals surface area contributed by atoms with E-state index < -0.39 is 0 Å². The summed E-state index contributed by atoms with van der Waals surface area (Å²) in [4.78, 5) is 0. The van der Waals surface area contributed by atoms with Crippen molar-refractivity contribution in [3.05, 3.63) is 25.1 Å². The Labute approximate surface area is 49.6 Å². The molecule has 0 atom stereocenters. The van der Waals surface area contributed by atoms with E-state index in [1.807, 2.05) is 17.8 Å². The molecule has 0 bridgehead atoms. The lowest BCUT2D eigenvalue weighted by Crippen LogP contribution is -1.96. The van der Waals surface area contributed by atoms with Crippen molar-refractivity contribution in [3.8, 4) is 0 Å². The molecular formula is C6H11N2+. The molecule has 0 spiro atoms. The van der Waals surface area contributed by atoms with Crippen LogP contribution in [0.15, 0.2) is 25.1 Å². The molecule has 0 aromatic heterocycles. The molecular weight excluding hydrogens is 100 g/mol. The van der Waals surface area contributed by atoms with Gasteiger partial charge in [0.05, 0.1) is 6.20 Å². The Morgan fingerprint density at radius 1 is 1.62 bits per heavy atom. The van der Waals surface area contributed by atoms with Gasteiger partial charge in [-0.1, -0.05) is 6.58 Å². The third kappa shape index (κ3) is 3.15. The van der Waals surface area contributed by atoms with Gasteiger partial charge in [-0.2, -0.15) is 0 Å². The summed E-state index contributed by atoms with van der Waals surface area (Å²) in [6.45, 7) is 3.51. The highest BCUT2D eigenvalue weighted by Gasteiger charge is 1.78. The maximum absolute atomic E-state index is 5.08. The molecule has 8 heavy (non-hydrogen) atoms. The molecule has 0 radical (unpaired) electrons. The molecule has 0 heterocycles. The summed E-state index contributed by atoms with van der Waals surface area (Å²) >= 11 is 0. The van der Waals surface area contributed by atoms with Gasteiger partial charge < -0.3 is 5.73 Å². The van der Waals surface area contributed by atoms with Gasteiger partial charge in [0, 0.05) is 0 Å². The predicted octanol–water partition coefficient (Wildman–Crippen LogP) is 0.315. The summed E-state index contributed by atoms with van der Waals surface area (Å²) in [7, 11) is 1.88. The van der Waals surface area contributed by atoms with Crippen LogP contribution in [0, 0.1) is 0 Å². The standard InChI is InChI=1S/C6H11N2/c1-3-5-8(2)6-4-7/h3-6H,1,7H2,2H3/q+1/b6-4-,8-5-. The van der Waals surface area contributed by atoms with E-state index in [0.29, 0.717) is 0 Å². The molecule has 2 nitrogen and oxygen atoms in total. The fourth-order valence-corrected chi connectivity index (χ4v) is 0.352. The highest BCUT2D eigenvalue weighted by Crippen LogP contribution is 1.65. The van der Waals surface area contributed by atoms with Gasteiger partial charge in [-0.3, -0.25) is 0 Å². The Morgan fingerprint density at radius 3 is 2.62 bits per heavy atom. The Kier molecular flexibility index (Phi) is 3.58. The molecule has 0 unspecified atom stereocenters. The van der Waals surface area contributed by atoms with Crippen molar-refractivity contribution in [2.75, 3.05) is 7.05 Å². The molecule has 2 N–H and O–H groups in total. The molecule has 2 heteroatoms. The van der Waals surface area contributed by atoms with Crippen molar-refractivity contribution in [3.63, 3.8) is 0 Å². The van der Waals surface area contributed by atoms with Crippen LogP contribution in [0.3, 0.4) is 0 Å². The number of rotatable bonds is 2. The maximum Gasteiger partial charge on any atom is 0.184 e. The van der Waals surface area contributed by atoms with E-state index in [0.717, 1.165) is 0 Å². The molecule has 0 aromatic carbocycles. The van der Waals surface area contributed by atoms with Crippen molar-refractivity contribution in [1.29, 1.82) is 0 Å². The second-order valence-corrected chi connectivity index (χ2v) is 1.39. The van der Waals surface area contributed by atoms with Crippen LogP contribution in [0.1, 0.15) is 0 Å². The first kappa shape index (κ1) is 6.95. The lowest BCUT2D eigenvalue weighted by molar-refractivity contribution is -0.416. The predicted molar refractivity (Wildman–Crippen MR) is 35.8 cm³/mol. The monoisotopic (exact) mass is 111 g/mol. The second-order valence-electron chi connectivity index (χ2n) is 1.39. The Morgan fingerprint density at radius 2 is 2.25 bits per heavy atom. The maximum atomic E-state index is 5.08. The Balaban J connectivity index is 3.79. The van der Waals surface area contributed by atoms with E-state index in [4.69, 9.17) is 5.73 Å². The van der Waals surface area contributed by atoms with Crippen LogP contribution in [-0.4, -0.2) is 17.8 Å². The second kappa shape index (κ2) is 4.12. The number of hydrogen-bond donors (Lipinski definition) is 1. The average Bonchev–Trinajstić information content (AvgIpc) is 1.68. The Hall–Kier alpha value is -1.05. The van der Waals surface area contributed by atoms with Gasteiger partial charge in [-0.25, -0.2) is 4.58 Å². The first-order chi connectivity index (χ1) is 3.81. The molecule has 0 fully saturated rings. The van der Waals surface area contributed by atoms with Crippen LogP contribution in [0.5, 0.6) is 0 Å². The number of nitrogens with two attached hydrogens (primary N) is 1. The van der Waals surface area contributed by atoms with E-state index in [1.54, 1.807) is 12.3 Å².